The minimum atomic E-state index is 0.337. The zero-order chi connectivity index (χ0) is 23.1. The fraction of sp³-hybridized carbons (Fsp3) is 0.269. The van der Waals surface area contributed by atoms with E-state index in [1.165, 1.54) is 7.11 Å². The molecule has 0 bridgehead atoms. The van der Waals surface area contributed by atoms with E-state index in [1.807, 2.05) is 24.3 Å². The topological polar surface area (TPSA) is 44.8 Å². The summed E-state index contributed by atoms with van der Waals surface area (Å²) in [6.45, 7) is 5.19. The maximum absolute atomic E-state index is 11.2. The molecule has 4 nitrogen and oxygen atoms in total. The van der Waals surface area contributed by atoms with E-state index in [1.54, 1.807) is 12.1 Å². The van der Waals surface area contributed by atoms with E-state index >= 15 is 0 Å². The quantitative estimate of drug-likeness (QED) is 0.162. The van der Waals surface area contributed by atoms with Crippen LogP contribution in [0.5, 0.6) is 17.2 Å². The molecule has 6 heteroatoms. The van der Waals surface area contributed by atoms with Crippen LogP contribution in [-0.2, 0) is 6.61 Å². The van der Waals surface area contributed by atoms with Gasteiger partial charge in [-0.25, -0.2) is 0 Å². The Morgan fingerprint density at radius 3 is 2.34 bits per heavy atom. The van der Waals surface area contributed by atoms with Crippen molar-refractivity contribution in [1.29, 1.82) is 0 Å². The number of methoxy groups -OCH3 is 1. The molecule has 3 rings (SSSR count). The van der Waals surface area contributed by atoms with Crippen molar-refractivity contribution in [3.8, 4) is 28.4 Å². The number of carbonyl (C=O) groups excluding carboxylic acids is 1. The predicted molar refractivity (Wildman–Crippen MR) is 133 cm³/mol. The molecule has 3 aromatic carbocycles. The molecule has 0 aliphatic carbocycles. The van der Waals surface area contributed by atoms with Crippen LogP contribution in [0.25, 0.3) is 11.1 Å². The first-order chi connectivity index (χ1) is 15.5. The molecule has 0 N–H and O–H groups in total. The molecule has 0 radical (unpaired) electrons. The summed E-state index contributed by atoms with van der Waals surface area (Å²) in [5.74, 6) is 1.80. The maximum atomic E-state index is 11.2. The largest absolute Gasteiger partial charge is 0.496 e. The molecule has 32 heavy (non-hydrogen) atoms. The molecule has 3 aromatic rings. The highest BCUT2D eigenvalue weighted by atomic mass is 79.9. The number of carbonyl (C=O) groups is 1. The van der Waals surface area contributed by atoms with Crippen molar-refractivity contribution in [3.63, 3.8) is 0 Å². The van der Waals surface area contributed by atoms with Crippen molar-refractivity contribution in [3.05, 3.63) is 75.8 Å². The highest BCUT2D eigenvalue weighted by molar-refractivity contribution is 9.09. The molecule has 168 valence electrons. The van der Waals surface area contributed by atoms with Crippen LogP contribution in [0, 0.1) is 13.8 Å². The Morgan fingerprint density at radius 2 is 1.66 bits per heavy atom. The molecule has 0 saturated carbocycles. The lowest BCUT2D eigenvalue weighted by Gasteiger charge is -2.17. The van der Waals surface area contributed by atoms with Crippen molar-refractivity contribution in [2.45, 2.75) is 26.9 Å². The summed E-state index contributed by atoms with van der Waals surface area (Å²) in [5, 5.41) is 1.28. The SMILES string of the molecule is COc1cc(OCc2cccc(-c3cccc(OCCCBr)c3C)c2C)c(Cl)cc1C=O. The van der Waals surface area contributed by atoms with Gasteiger partial charge in [0.15, 0.2) is 6.29 Å². The van der Waals surface area contributed by atoms with Crippen LogP contribution in [-0.4, -0.2) is 25.3 Å². The Bertz CT molecular complexity index is 1100. The molecule has 0 unspecified atom stereocenters. The Hall–Kier alpha value is -2.50. The summed E-state index contributed by atoms with van der Waals surface area (Å²) in [6, 6.07) is 15.5. The smallest absolute Gasteiger partial charge is 0.153 e. The maximum Gasteiger partial charge on any atom is 0.153 e. The first-order valence-corrected chi connectivity index (χ1v) is 11.8. The number of alkyl halides is 1. The molecule has 0 spiro atoms. The van der Waals surface area contributed by atoms with Crippen LogP contribution in [0.3, 0.4) is 0 Å². The lowest BCUT2D eigenvalue weighted by Crippen LogP contribution is -2.02. The van der Waals surface area contributed by atoms with E-state index < -0.39 is 0 Å². The number of halogens is 2. The summed E-state index contributed by atoms with van der Waals surface area (Å²) in [7, 11) is 1.51. The summed E-state index contributed by atoms with van der Waals surface area (Å²) in [6.07, 6.45) is 1.67. The van der Waals surface area contributed by atoms with Gasteiger partial charge in [0.05, 0.1) is 24.3 Å². The van der Waals surface area contributed by atoms with Gasteiger partial charge in [-0.1, -0.05) is 57.9 Å². The number of hydrogen-bond donors (Lipinski definition) is 0. The minimum Gasteiger partial charge on any atom is -0.496 e. The average Bonchev–Trinajstić information content (AvgIpc) is 2.80. The van der Waals surface area contributed by atoms with Crippen LogP contribution in [0.1, 0.15) is 33.5 Å². The lowest BCUT2D eigenvalue weighted by molar-refractivity contribution is 0.112. The number of aldehydes is 1. The normalized spacial score (nSPS) is 10.7. The second kappa shape index (κ2) is 11.4. The van der Waals surface area contributed by atoms with Gasteiger partial charge in [0, 0.05) is 11.4 Å². The molecular formula is C26H26BrClO4. The standard InChI is InChI=1S/C26H26BrClO4/c1-17-19(16-32-26-14-25(30-3)20(15-29)13-23(26)28)7-4-8-21(17)22-9-5-10-24(18(22)2)31-12-6-11-27/h4-5,7-10,13-15H,6,11-12,16H2,1-3H3. The fourth-order valence-electron chi connectivity index (χ4n) is 3.52. The van der Waals surface area contributed by atoms with Crippen molar-refractivity contribution >= 4 is 33.8 Å². The number of ether oxygens (including phenoxy) is 3. The van der Waals surface area contributed by atoms with Crippen LogP contribution >= 0.6 is 27.5 Å². The zero-order valence-corrected chi connectivity index (χ0v) is 20.8. The van der Waals surface area contributed by atoms with Crippen molar-refractivity contribution < 1.29 is 19.0 Å². The van der Waals surface area contributed by atoms with Gasteiger partial charge >= 0.3 is 0 Å². The third-order valence-corrected chi connectivity index (χ3v) is 6.21. The van der Waals surface area contributed by atoms with E-state index in [9.17, 15) is 4.79 Å². The van der Waals surface area contributed by atoms with Crippen LogP contribution in [0.2, 0.25) is 5.02 Å². The van der Waals surface area contributed by atoms with E-state index in [4.69, 9.17) is 25.8 Å². The number of hydrogen-bond acceptors (Lipinski definition) is 4. The van der Waals surface area contributed by atoms with Gasteiger partial charge in [0.1, 0.15) is 23.9 Å². The molecule has 0 amide bonds. The van der Waals surface area contributed by atoms with Gasteiger partial charge in [-0.3, -0.25) is 4.79 Å². The summed E-state index contributed by atoms with van der Waals surface area (Å²) in [5.41, 5.74) is 5.94. The zero-order valence-electron chi connectivity index (χ0n) is 18.4. The molecule has 0 aliphatic rings. The van der Waals surface area contributed by atoms with Crippen molar-refractivity contribution in [2.24, 2.45) is 0 Å². The first kappa shape index (κ1) is 24.1. The van der Waals surface area contributed by atoms with Crippen LogP contribution in [0.15, 0.2) is 48.5 Å². The minimum absolute atomic E-state index is 0.337. The Morgan fingerprint density at radius 1 is 0.938 bits per heavy atom. The predicted octanol–water partition coefficient (Wildman–Crippen LogP) is 7.19. The Labute approximate surface area is 202 Å². The second-order valence-electron chi connectivity index (χ2n) is 7.34. The number of rotatable bonds is 10. The monoisotopic (exact) mass is 516 g/mol. The van der Waals surface area contributed by atoms with E-state index in [2.05, 4.69) is 41.9 Å². The molecular weight excluding hydrogens is 492 g/mol. The highest BCUT2D eigenvalue weighted by Crippen LogP contribution is 2.35. The Kier molecular flexibility index (Phi) is 8.60. The summed E-state index contributed by atoms with van der Waals surface area (Å²) in [4.78, 5) is 11.2. The van der Waals surface area contributed by atoms with Crippen LogP contribution < -0.4 is 14.2 Å². The van der Waals surface area contributed by atoms with E-state index in [0.717, 1.165) is 45.3 Å². The van der Waals surface area contributed by atoms with Gasteiger partial charge in [-0.15, -0.1) is 0 Å². The fourth-order valence-corrected chi connectivity index (χ4v) is 3.97. The van der Waals surface area contributed by atoms with Crippen molar-refractivity contribution in [2.75, 3.05) is 19.0 Å². The molecule has 0 saturated heterocycles. The van der Waals surface area contributed by atoms with Crippen molar-refractivity contribution in [1.82, 2.24) is 0 Å². The average molecular weight is 518 g/mol. The third kappa shape index (κ3) is 5.45. The van der Waals surface area contributed by atoms with Gasteiger partial charge in [-0.05, 0) is 60.2 Å². The van der Waals surface area contributed by atoms with E-state index in [-0.39, 0.29) is 0 Å². The molecule has 0 fully saturated rings. The van der Waals surface area contributed by atoms with Crippen LogP contribution in [0.4, 0.5) is 0 Å². The lowest BCUT2D eigenvalue weighted by atomic mass is 9.93. The van der Waals surface area contributed by atoms with Gasteiger partial charge in [0.25, 0.3) is 0 Å². The summed E-state index contributed by atoms with van der Waals surface area (Å²) < 4.78 is 17.2. The molecule has 0 aliphatic heterocycles. The number of benzene rings is 3. The highest BCUT2D eigenvalue weighted by Gasteiger charge is 2.14. The third-order valence-electron chi connectivity index (χ3n) is 5.35. The molecule has 0 aromatic heterocycles. The van der Waals surface area contributed by atoms with Gasteiger partial charge in [0.2, 0.25) is 0 Å². The summed E-state index contributed by atoms with van der Waals surface area (Å²) >= 11 is 9.74. The second-order valence-corrected chi connectivity index (χ2v) is 8.54. The molecule has 0 heterocycles. The van der Waals surface area contributed by atoms with Gasteiger partial charge < -0.3 is 14.2 Å². The van der Waals surface area contributed by atoms with E-state index in [0.29, 0.717) is 41.6 Å². The molecule has 0 atom stereocenters. The first-order valence-electron chi connectivity index (χ1n) is 10.3. The Balaban J connectivity index is 1.86. The van der Waals surface area contributed by atoms with Gasteiger partial charge in [-0.2, -0.15) is 0 Å².